The Morgan fingerprint density at radius 3 is 2.52 bits per heavy atom. The normalized spacial score (nSPS) is 16.2. The molecule has 1 fully saturated rings. The topological polar surface area (TPSA) is 58.8 Å². The minimum absolute atomic E-state index is 0.160. The Hall–Kier alpha value is -1.75. The molecule has 1 saturated heterocycles. The van der Waals surface area contributed by atoms with Gasteiger partial charge in [0.05, 0.1) is 18.7 Å². The van der Waals surface area contributed by atoms with Crippen molar-refractivity contribution >= 4 is 11.6 Å². The van der Waals surface area contributed by atoms with Gasteiger partial charge in [0.15, 0.2) is 0 Å². The molecule has 5 nitrogen and oxygen atoms in total. The first kappa shape index (κ1) is 15.6. The van der Waals surface area contributed by atoms with Crippen LogP contribution in [0.3, 0.4) is 0 Å². The lowest BCUT2D eigenvalue weighted by Gasteiger charge is -2.37. The fourth-order valence-corrected chi connectivity index (χ4v) is 2.51. The van der Waals surface area contributed by atoms with Gasteiger partial charge in [0.1, 0.15) is 5.75 Å². The van der Waals surface area contributed by atoms with Crippen molar-refractivity contribution in [1.82, 2.24) is 9.80 Å². The van der Waals surface area contributed by atoms with E-state index in [1.54, 1.807) is 6.07 Å². The molecule has 0 aliphatic carbocycles. The zero-order chi connectivity index (χ0) is 15.2. The van der Waals surface area contributed by atoms with E-state index in [2.05, 4.69) is 18.7 Å². The van der Waals surface area contributed by atoms with Crippen molar-refractivity contribution in [3.05, 3.63) is 24.3 Å². The number of carbonyl (C=O) groups excluding carboxylic acids is 1. The Morgan fingerprint density at radius 2 is 1.90 bits per heavy atom. The molecule has 2 N–H and O–H groups in total. The molecule has 0 bridgehead atoms. The maximum absolute atomic E-state index is 12.1. The Labute approximate surface area is 126 Å². The van der Waals surface area contributed by atoms with E-state index in [0.717, 1.165) is 26.2 Å². The van der Waals surface area contributed by atoms with Crippen molar-refractivity contribution in [1.29, 1.82) is 0 Å². The predicted molar refractivity (Wildman–Crippen MR) is 84.3 cm³/mol. The first-order valence-electron chi connectivity index (χ1n) is 7.57. The number of ether oxygens (including phenoxy) is 1. The molecule has 0 atom stereocenters. The first-order chi connectivity index (χ1) is 10.1. The predicted octanol–water partition coefficient (Wildman–Crippen LogP) is 1.59. The van der Waals surface area contributed by atoms with Crippen molar-refractivity contribution in [2.45, 2.75) is 26.3 Å². The first-order valence-corrected chi connectivity index (χ1v) is 7.57. The van der Waals surface area contributed by atoms with Crippen LogP contribution in [0.5, 0.6) is 5.75 Å². The van der Waals surface area contributed by atoms with E-state index in [1.807, 2.05) is 23.1 Å². The molecule has 1 aliphatic rings. The molecule has 1 aromatic carbocycles. The highest BCUT2D eigenvalue weighted by Crippen LogP contribution is 2.19. The zero-order valence-corrected chi connectivity index (χ0v) is 12.9. The van der Waals surface area contributed by atoms with Crippen molar-refractivity contribution in [2.24, 2.45) is 0 Å². The number of benzene rings is 1. The SMILES string of the molecule is CC(C)N1CCN(C(=O)CCOc2ccccc2N)CC1. The van der Waals surface area contributed by atoms with Gasteiger partial charge in [0.2, 0.25) is 5.91 Å². The van der Waals surface area contributed by atoms with E-state index in [-0.39, 0.29) is 5.91 Å². The largest absolute Gasteiger partial charge is 0.491 e. The molecule has 1 aliphatic heterocycles. The highest BCUT2D eigenvalue weighted by molar-refractivity contribution is 5.76. The van der Waals surface area contributed by atoms with Crippen molar-refractivity contribution in [2.75, 3.05) is 38.5 Å². The lowest BCUT2D eigenvalue weighted by molar-refractivity contribution is -0.133. The molecule has 0 aromatic heterocycles. The number of piperazine rings is 1. The fourth-order valence-electron chi connectivity index (χ4n) is 2.51. The minimum Gasteiger partial charge on any atom is -0.491 e. The monoisotopic (exact) mass is 291 g/mol. The van der Waals surface area contributed by atoms with Gasteiger partial charge >= 0.3 is 0 Å². The van der Waals surface area contributed by atoms with Crippen LogP contribution in [-0.2, 0) is 4.79 Å². The van der Waals surface area contributed by atoms with Gasteiger partial charge < -0.3 is 15.4 Å². The molecule has 1 heterocycles. The van der Waals surface area contributed by atoms with Crippen molar-refractivity contribution < 1.29 is 9.53 Å². The average molecular weight is 291 g/mol. The lowest BCUT2D eigenvalue weighted by Crippen LogP contribution is -2.50. The average Bonchev–Trinajstić information content (AvgIpc) is 2.49. The van der Waals surface area contributed by atoms with Crippen LogP contribution < -0.4 is 10.5 Å². The van der Waals surface area contributed by atoms with E-state index in [1.165, 1.54) is 0 Å². The molecule has 1 amide bonds. The van der Waals surface area contributed by atoms with Gasteiger partial charge in [0.25, 0.3) is 0 Å². The van der Waals surface area contributed by atoms with E-state index in [4.69, 9.17) is 10.5 Å². The van der Waals surface area contributed by atoms with Gasteiger partial charge in [0, 0.05) is 32.2 Å². The third-order valence-electron chi connectivity index (χ3n) is 3.89. The summed E-state index contributed by atoms with van der Waals surface area (Å²) >= 11 is 0. The van der Waals surface area contributed by atoms with Crippen molar-refractivity contribution in [3.8, 4) is 5.75 Å². The van der Waals surface area contributed by atoms with Crippen LogP contribution in [0.25, 0.3) is 0 Å². The van der Waals surface area contributed by atoms with Gasteiger partial charge in [-0.1, -0.05) is 12.1 Å². The Balaban J connectivity index is 1.72. The Morgan fingerprint density at radius 1 is 1.24 bits per heavy atom. The van der Waals surface area contributed by atoms with Crippen LogP contribution in [0.15, 0.2) is 24.3 Å². The van der Waals surface area contributed by atoms with E-state index < -0.39 is 0 Å². The highest BCUT2D eigenvalue weighted by Gasteiger charge is 2.22. The second-order valence-corrected chi connectivity index (χ2v) is 5.65. The summed E-state index contributed by atoms with van der Waals surface area (Å²) in [6, 6.07) is 7.90. The minimum atomic E-state index is 0.160. The van der Waals surface area contributed by atoms with Gasteiger partial charge in [-0.15, -0.1) is 0 Å². The standard InChI is InChI=1S/C16H25N3O2/c1-13(2)18-8-10-19(11-9-18)16(20)7-12-21-15-6-4-3-5-14(15)17/h3-6,13H,7-12,17H2,1-2H3. The van der Waals surface area contributed by atoms with Gasteiger partial charge in [-0.2, -0.15) is 0 Å². The number of nitrogens with two attached hydrogens (primary N) is 1. The molecular formula is C16H25N3O2. The fraction of sp³-hybridized carbons (Fsp3) is 0.562. The van der Waals surface area contributed by atoms with E-state index >= 15 is 0 Å². The molecule has 0 unspecified atom stereocenters. The van der Waals surface area contributed by atoms with Crippen LogP contribution in [0.1, 0.15) is 20.3 Å². The summed E-state index contributed by atoms with van der Waals surface area (Å²) in [5, 5.41) is 0. The quantitative estimate of drug-likeness (QED) is 0.837. The Bertz CT molecular complexity index is 468. The van der Waals surface area contributed by atoms with Crippen LogP contribution in [0.4, 0.5) is 5.69 Å². The Kier molecular flexibility index (Phi) is 5.44. The second-order valence-electron chi connectivity index (χ2n) is 5.65. The van der Waals surface area contributed by atoms with Gasteiger partial charge in [-0.3, -0.25) is 9.69 Å². The summed E-state index contributed by atoms with van der Waals surface area (Å²) in [5.74, 6) is 0.808. The summed E-state index contributed by atoms with van der Waals surface area (Å²) in [6.45, 7) is 8.28. The zero-order valence-electron chi connectivity index (χ0n) is 12.9. The number of hydrogen-bond donors (Lipinski definition) is 1. The summed E-state index contributed by atoms with van der Waals surface area (Å²) in [7, 11) is 0. The molecule has 0 saturated carbocycles. The third-order valence-corrected chi connectivity index (χ3v) is 3.89. The number of rotatable bonds is 5. The number of hydrogen-bond acceptors (Lipinski definition) is 4. The summed E-state index contributed by atoms with van der Waals surface area (Å²) in [6.07, 6.45) is 0.399. The van der Waals surface area contributed by atoms with E-state index in [9.17, 15) is 4.79 Å². The van der Waals surface area contributed by atoms with Crippen LogP contribution in [-0.4, -0.2) is 54.5 Å². The lowest BCUT2D eigenvalue weighted by atomic mass is 10.2. The van der Waals surface area contributed by atoms with Crippen LogP contribution in [0.2, 0.25) is 0 Å². The number of nitrogen functional groups attached to an aromatic ring is 1. The molecule has 21 heavy (non-hydrogen) atoms. The maximum Gasteiger partial charge on any atom is 0.226 e. The number of nitrogens with zero attached hydrogens (tertiary/aromatic N) is 2. The molecular weight excluding hydrogens is 266 g/mol. The number of para-hydroxylation sites is 2. The summed E-state index contributed by atoms with van der Waals surface area (Å²) < 4.78 is 5.57. The second kappa shape index (κ2) is 7.31. The highest BCUT2D eigenvalue weighted by atomic mass is 16.5. The summed E-state index contributed by atoms with van der Waals surface area (Å²) in [4.78, 5) is 16.5. The smallest absolute Gasteiger partial charge is 0.226 e. The van der Waals surface area contributed by atoms with Crippen molar-refractivity contribution in [3.63, 3.8) is 0 Å². The van der Waals surface area contributed by atoms with Gasteiger partial charge in [-0.25, -0.2) is 0 Å². The van der Waals surface area contributed by atoms with E-state index in [0.29, 0.717) is 30.5 Å². The van der Waals surface area contributed by atoms with Gasteiger partial charge in [-0.05, 0) is 26.0 Å². The third kappa shape index (κ3) is 4.36. The molecule has 5 heteroatoms. The molecule has 2 rings (SSSR count). The number of carbonyl (C=O) groups is 1. The molecule has 116 valence electrons. The number of amides is 1. The van der Waals surface area contributed by atoms with Crippen LogP contribution in [0, 0.1) is 0 Å². The summed E-state index contributed by atoms with van der Waals surface area (Å²) in [5.41, 5.74) is 6.40. The maximum atomic E-state index is 12.1. The number of anilines is 1. The molecule has 1 aromatic rings. The molecule has 0 spiro atoms. The molecule has 0 radical (unpaired) electrons. The van der Waals surface area contributed by atoms with Crippen LogP contribution >= 0.6 is 0 Å².